The lowest BCUT2D eigenvalue weighted by atomic mass is 9.99. The standard InChI is InChI=1S/C16H34N2O3/c1-12(19)16(8,9)17-10-11-18(14(2,3)4)13(20)21-15(5,6)7/h12,17,19H,10-11H2,1-9H3. The Morgan fingerprint density at radius 2 is 1.62 bits per heavy atom. The summed E-state index contributed by atoms with van der Waals surface area (Å²) in [7, 11) is 0. The highest BCUT2D eigenvalue weighted by Gasteiger charge is 2.31. The smallest absolute Gasteiger partial charge is 0.410 e. The number of aliphatic hydroxyl groups is 1. The number of hydrogen-bond donors (Lipinski definition) is 2. The zero-order valence-electron chi connectivity index (χ0n) is 15.2. The number of nitrogens with one attached hydrogen (secondary N) is 1. The fraction of sp³-hybridized carbons (Fsp3) is 0.938. The van der Waals surface area contributed by atoms with Crippen LogP contribution in [0, 0.1) is 0 Å². The molecule has 0 rings (SSSR count). The van der Waals surface area contributed by atoms with Crippen LogP contribution in [0.1, 0.15) is 62.3 Å². The van der Waals surface area contributed by atoms with E-state index >= 15 is 0 Å². The summed E-state index contributed by atoms with van der Waals surface area (Å²) >= 11 is 0. The Morgan fingerprint density at radius 1 is 1.14 bits per heavy atom. The molecule has 0 saturated carbocycles. The summed E-state index contributed by atoms with van der Waals surface area (Å²) in [6, 6.07) is 0. The monoisotopic (exact) mass is 302 g/mol. The molecule has 0 aliphatic rings. The minimum atomic E-state index is -0.507. The van der Waals surface area contributed by atoms with Crippen molar-refractivity contribution in [2.24, 2.45) is 0 Å². The molecule has 1 unspecified atom stereocenters. The Hall–Kier alpha value is -0.810. The summed E-state index contributed by atoms with van der Waals surface area (Å²) in [5.41, 5.74) is -1.22. The Kier molecular flexibility index (Phi) is 6.70. The maximum Gasteiger partial charge on any atom is 0.410 e. The second-order valence-corrected chi connectivity index (χ2v) is 8.13. The molecule has 0 fully saturated rings. The van der Waals surface area contributed by atoms with Crippen LogP contribution >= 0.6 is 0 Å². The minimum Gasteiger partial charge on any atom is -0.444 e. The summed E-state index contributed by atoms with van der Waals surface area (Å²) in [4.78, 5) is 14.0. The van der Waals surface area contributed by atoms with Gasteiger partial charge in [0.2, 0.25) is 0 Å². The Balaban J connectivity index is 4.72. The first-order valence-electron chi connectivity index (χ1n) is 7.60. The van der Waals surface area contributed by atoms with Crippen molar-refractivity contribution in [1.29, 1.82) is 0 Å². The molecule has 5 nitrogen and oxygen atoms in total. The lowest BCUT2D eigenvalue weighted by Crippen LogP contribution is -2.54. The fourth-order valence-corrected chi connectivity index (χ4v) is 1.66. The van der Waals surface area contributed by atoms with Gasteiger partial charge in [-0.3, -0.25) is 0 Å². The van der Waals surface area contributed by atoms with E-state index in [1.165, 1.54) is 0 Å². The Morgan fingerprint density at radius 3 is 1.95 bits per heavy atom. The molecule has 0 aliphatic carbocycles. The third kappa shape index (κ3) is 7.67. The number of carbonyl (C=O) groups is 1. The average molecular weight is 302 g/mol. The first-order valence-corrected chi connectivity index (χ1v) is 7.60. The number of rotatable bonds is 5. The van der Waals surface area contributed by atoms with Crippen LogP contribution in [0.5, 0.6) is 0 Å². The van der Waals surface area contributed by atoms with Crippen molar-refractivity contribution in [3.05, 3.63) is 0 Å². The summed E-state index contributed by atoms with van der Waals surface area (Å²) in [5.74, 6) is 0. The average Bonchev–Trinajstić information content (AvgIpc) is 2.19. The quantitative estimate of drug-likeness (QED) is 0.820. The van der Waals surface area contributed by atoms with Crippen molar-refractivity contribution in [3.8, 4) is 0 Å². The highest BCUT2D eigenvalue weighted by molar-refractivity contribution is 5.69. The van der Waals surface area contributed by atoms with Crippen LogP contribution in [0.4, 0.5) is 4.79 Å². The largest absolute Gasteiger partial charge is 0.444 e. The molecular weight excluding hydrogens is 268 g/mol. The van der Waals surface area contributed by atoms with Crippen molar-refractivity contribution < 1.29 is 14.6 Å². The maximum absolute atomic E-state index is 12.3. The number of ether oxygens (including phenoxy) is 1. The minimum absolute atomic E-state index is 0.313. The van der Waals surface area contributed by atoms with Gasteiger partial charge in [-0.25, -0.2) is 4.79 Å². The van der Waals surface area contributed by atoms with Gasteiger partial charge in [-0.1, -0.05) is 0 Å². The summed E-state index contributed by atoms with van der Waals surface area (Å²) in [5, 5.41) is 13.0. The molecule has 0 spiro atoms. The van der Waals surface area contributed by atoms with Crippen molar-refractivity contribution in [2.45, 2.75) is 85.1 Å². The first-order chi connectivity index (χ1) is 9.17. The van der Waals surface area contributed by atoms with E-state index in [0.717, 1.165) is 0 Å². The van der Waals surface area contributed by atoms with Gasteiger partial charge in [0.15, 0.2) is 0 Å². The molecule has 0 bridgehead atoms. The molecule has 0 heterocycles. The molecule has 5 heteroatoms. The Bertz CT molecular complexity index is 338. The lowest BCUT2D eigenvalue weighted by Gasteiger charge is -2.38. The molecule has 1 amide bonds. The topological polar surface area (TPSA) is 61.8 Å². The maximum atomic E-state index is 12.3. The third-order valence-electron chi connectivity index (χ3n) is 3.38. The second-order valence-electron chi connectivity index (χ2n) is 8.13. The first kappa shape index (κ1) is 20.2. The molecule has 126 valence electrons. The van der Waals surface area contributed by atoms with E-state index in [9.17, 15) is 9.90 Å². The lowest BCUT2D eigenvalue weighted by molar-refractivity contribution is 0.00535. The van der Waals surface area contributed by atoms with E-state index in [1.807, 2.05) is 55.4 Å². The zero-order valence-corrected chi connectivity index (χ0v) is 15.2. The molecule has 1 atom stereocenters. The third-order valence-corrected chi connectivity index (χ3v) is 3.38. The van der Waals surface area contributed by atoms with Gasteiger partial charge in [0, 0.05) is 24.2 Å². The summed E-state index contributed by atoms with van der Waals surface area (Å²) in [6.07, 6.45) is -0.784. The molecule has 2 N–H and O–H groups in total. The van der Waals surface area contributed by atoms with Crippen molar-refractivity contribution >= 4 is 6.09 Å². The van der Waals surface area contributed by atoms with Gasteiger partial charge >= 0.3 is 6.09 Å². The highest BCUT2D eigenvalue weighted by atomic mass is 16.6. The van der Waals surface area contributed by atoms with E-state index in [4.69, 9.17) is 4.74 Å². The van der Waals surface area contributed by atoms with Crippen LogP contribution < -0.4 is 5.32 Å². The van der Waals surface area contributed by atoms with Crippen LogP contribution in [-0.4, -0.2) is 52.0 Å². The van der Waals surface area contributed by atoms with Gasteiger partial charge in [0.1, 0.15) is 5.60 Å². The van der Waals surface area contributed by atoms with Gasteiger partial charge in [0.25, 0.3) is 0 Å². The molecule has 0 saturated heterocycles. The van der Waals surface area contributed by atoms with Crippen LogP contribution in [0.15, 0.2) is 0 Å². The van der Waals surface area contributed by atoms with Gasteiger partial charge in [-0.15, -0.1) is 0 Å². The van der Waals surface area contributed by atoms with Crippen LogP contribution in [0.25, 0.3) is 0 Å². The SMILES string of the molecule is CC(O)C(C)(C)NCCN(C(=O)OC(C)(C)C)C(C)(C)C. The predicted molar refractivity (Wildman–Crippen MR) is 86.5 cm³/mol. The fourth-order valence-electron chi connectivity index (χ4n) is 1.66. The van der Waals surface area contributed by atoms with Crippen molar-refractivity contribution in [3.63, 3.8) is 0 Å². The summed E-state index contributed by atoms with van der Waals surface area (Å²) < 4.78 is 5.47. The van der Waals surface area contributed by atoms with Crippen LogP contribution in [0.2, 0.25) is 0 Å². The number of nitrogens with zero attached hydrogens (tertiary/aromatic N) is 1. The van der Waals surface area contributed by atoms with Crippen molar-refractivity contribution in [1.82, 2.24) is 10.2 Å². The van der Waals surface area contributed by atoms with Crippen molar-refractivity contribution in [2.75, 3.05) is 13.1 Å². The highest BCUT2D eigenvalue weighted by Crippen LogP contribution is 2.18. The van der Waals surface area contributed by atoms with E-state index < -0.39 is 17.2 Å². The zero-order chi connectivity index (χ0) is 17.1. The number of amides is 1. The van der Waals surface area contributed by atoms with Gasteiger partial charge in [-0.2, -0.15) is 0 Å². The number of hydrogen-bond acceptors (Lipinski definition) is 4. The normalized spacial score (nSPS) is 14.8. The molecule has 0 aromatic carbocycles. The van der Waals surface area contributed by atoms with Crippen LogP contribution in [-0.2, 0) is 4.74 Å². The van der Waals surface area contributed by atoms with Gasteiger partial charge in [0.05, 0.1) is 6.10 Å². The molecule has 21 heavy (non-hydrogen) atoms. The molecule has 0 aromatic rings. The van der Waals surface area contributed by atoms with Gasteiger partial charge < -0.3 is 20.1 Å². The van der Waals surface area contributed by atoms with E-state index in [1.54, 1.807) is 11.8 Å². The van der Waals surface area contributed by atoms with Gasteiger partial charge in [-0.05, 0) is 62.3 Å². The molecular formula is C16H34N2O3. The van der Waals surface area contributed by atoms with Crippen LogP contribution in [0.3, 0.4) is 0 Å². The molecule has 0 radical (unpaired) electrons. The second kappa shape index (κ2) is 6.97. The molecule has 0 aliphatic heterocycles. The number of carbonyl (C=O) groups excluding carboxylic acids is 1. The molecule has 0 aromatic heterocycles. The number of aliphatic hydroxyl groups excluding tert-OH is 1. The predicted octanol–water partition coefficient (Wildman–Crippen LogP) is 2.77. The Labute approximate surface area is 130 Å². The van der Waals surface area contributed by atoms with E-state index in [-0.39, 0.29) is 11.6 Å². The summed E-state index contributed by atoms with van der Waals surface area (Å²) in [6.45, 7) is 18.3. The van der Waals surface area contributed by atoms with E-state index in [2.05, 4.69) is 5.32 Å². The van der Waals surface area contributed by atoms with E-state index in [0.29, 0.717) is 13.1 Å².